The lowest BCUT2D eigenvalue weighted by atomic mass is 9.97. The molecule has 0 aromatic heterocycles. The molecule has 0 bridgehead atoms. The van der Waals surface area contributed by atoms with Crippen LogP contribution in [0.5, 0.6) is 0 Å². The van der Waals surface area contributed by atoms with Crippen molar-refractivity contribution in [3.63, 3.8) is 0 Å². The van der Waals surface area contributed by atoms with Gasteiger partial charge in [0.2, 0.25) is 0 Å². The highest BCUT2D eigenvalue weighted by Gasteiger charge is 2.11. The summed E-state index contributed by atoms with van der Waals surface area (Å²) >= 11 is 0. The number of nitrogens with one attached hydrogen (secondary N) is 1. The van der Waals surface area contributed by atoms with Gasteiger partial charge in [-0.3, -0.25) is 0 Å². The fourth-order valence-electron chi connectivity index (χ4n) is 1.59. The highest BCUT2D eigenvalue weighted by molar-refractivity contribution is 5.25. The molecule has 0 radical (unpaired) electrons. The number of halogens is 1. The van der Waals surface area contributed by atoms with E-state index in [0.717, 1.165) is 12.1 Å². The van der Waals surface area contributed by atoms with Crippen molar-refractivity contribution in [2.24, 2.45) is 11.8 Å². The first kappa shape index (κ1) is 14.2. The summed E-state index contributed by atoms with van der Waals surface area (Å²) in [5.74, 6) is 1.19. The minimum atomic E-state index is -0.118. The molecule has 0 saturated heterocycles. The molecule has 1 rings (SSSR count). The summed E-state index contributed by atoms with van der Waals surface area (Å²) in [4.78, 5) is 0. The SMILES string of the molecule is Cc1ccc(C(C)NCC(C)C(C)C)cc1F. The molecule has 2 atom stereocenters. The Balaban J connectivity index is 2.58. The summed E-state index contributed by atoms with van der Waals surface area (Å²) < 4.78 is 13.4. The van der Waals surface area contributed by atoms with Crippen LogP contribution in [-0.4, -0.2) is 6.54 Å². The molecular weight excluding hydrogens is 213 g/mol. The van der Waals surface area contributed by atoms with Gasteiger partial charge < -0.3 is 5.32 Å². The van der Waals surface area contributed by atoms with Crippen LogP contribution in [-0.2, 0) is 0 Å². The van der Waals surface area contributed by atoms with E-state index in [2.05, 4.69) is 33.0 Å². The van der Waals surface area contributed by atoms with E-state index >= 15 is 0 Å². The maximum Gasteiger partial charge on any atom is 0.126 e. The van der Waals surface area contributed by atoms with Crippen molar-refractivity contribution in [2.75, 3.05) is 6.54 Å². The predicted molar refractivity (Wildman–Crippen MR) is 71.6 cm³/mol. The molecule has 0 amide bonds. The highest BCUT2D eigenvalue weighted by atomic mass is 19.1. The molecule has 1 aromatic rings. The predicted octanol–water partition coefficient (Wildman–Crippen LogP) is 4.08. The molecule has 1 aromatic carbocycles. The maximum atomic E-state index is 13.4. The lowest BCUT2D eigenvalue weighted by Gasteiger charge is -2.20. The summed E-state index contributed by atoms with van der Waals surface area (Å²) in [6, 6.07) is 5.67. The fraction of sp³-hybridized carbons (Fsp3) is 0.600. The maximum absolute atomic E-state index is 13.4. The third kappa shape index (κ3) is 4.12. The van der Waals surface area contributed by atoms with Crippen LogP contribution < -0.4 is 5.32 Å². The quantitative estimate of drug-likeness (QED) is 0.813. The summed E-state index contributed by atoms with van der Waals surface area (Å²) in [6.07, 6.45) is 0. The third-order valence-electron chi connectivity index (χ3n) is 3.58. The van der Waals surface area contributed by atoms with Crippen molar-refractivity contribution in [3.8, 4) is 0 Å². The molecule has 0 aliphatic carbocycles. The number of hydrogen-bond acceptors (Lipinski definition) is 1. The van der Waals surface area contributed by atoms with E-state index in [0.29, 0.717) is 17.4 Å². The van der Waals surface area contributed by atoms with E-state index in [1.54, 1.807) is 13.0 Å². The van der Waals surface area contributed by atoms with Gasteiger partial charge in [-0.15, -0.1) is 0 Å². The molecule has 0 aliphatic heterocycles. The van der Waals surface area contributed by atoms with Crippen LogP contribution in [0.4, 0.5) is 4.39 Å². The van der Waals surface area contributed by atoms with Crippen molar-refractivity contribution in [2.45, 2.75) is 40.7 Å². The van der Waals surface area contributed by atoms with E-state index in [9.17, 15) is 4.39 Å². The summed E-state index contributed by atoms with van der Waals surface area (Å²) in [7, 11) is 0. The van der Waals surface area contributed by atoms with Crippen LogP contribution in [0.2, 0.25) is 0 Å². The minimum absolute atomic E-state index is 0.118. The summed E-state index contributed by atoms with van der Waals surface area (Å²) in [6.45, 7) is 11.5. The van der Waals surface area contributed by atoms with Gasteiger partial charge in [0.1, 0.15) is 5.82 Å². The van der Waals surface area contributed by atoms with Gasteiger partial charge in [0, 0.05) is 6.04 Å². The van der Waals surface area contributed by atoms with E-state index in [-0.39, 0.29) is 11.9 Å². The molecule has 0 fully saturated rings. The molecule has 96 valence electrons. The van der Waals surface area contributed by atoms with Crippen molar-refractivity contribution < 1.29 is 4.39 Å². The van der Waals surface area contributed by atoms with Crippen molar-refractivity contribution >= 4 is 0 Å². The zero-order chi connectivity index (χ0) is 13.0. The average Bonchev–Trinajstić information content (AvgIpc) is 2.28. The fourth-order valence-corrected chi connectivity index (χ4v) is 1.59. The van der Waals surface area contributed by atoms with Crippen LogP contribution in [0.3, 0.4) is 0 Å². The van der Waals surface area contributed by atoms with Gasteiger partial charge in [0.05, 0.1) is 0 Å². The molecule has 1 nitrogen and oxygen atoms in total. The van der Waals surface area contributed by atoms with Crippen molar-refractivity contribution in [1.29, 1.82) is 0 Å². The Kier molecular flexibility index (Phi) is 5.13. The second-order valence-electron chi connectivity index (χ2n) is 5.36. The second-order valence-corrected chi connectivity index (χ2v) is 5.36. The summed E-state index contributed by atoms with van der Waals surface area (Å²) in [5, 5.41) is 3.46. The molecule has 0 heterocycles. The molecule has 1 N–H and O–H groups in total. The Hall–Kier alpha value is -0.890. The lowest BCUT2D eigenvalue weighted by Crippen LogP contribution is -2.26. The first-order valence-corrected chi connectivity index (χ1v) is 6.41. The molecule has 0 saturated carbocycles. The standard InChI is InChI=1S/C15H24FN/c1-10(2)12(4)9-17-13(5)14-7-6-11(3)15(16)8-14/h6-8,10,12-13,17H,9H2,1-5H3. The summed E-state index contributed by atoms with van der Waals surface area (Å²) in [5.41, 5.74) is 1.72. The van der Waals surface area contributed by atoms with Gasteiger partial charge >= 0.3 is 0 Å². The number of rotatable bonds is 5. The van der Waals surface area contributed by atoms with Crippen molar-refractivity contribution in [3.05, 3.63) is 35.1 Å². The Morgan fingerprint density at radius 3 is 2.35 bits per heavy atom. The lowest BCUT2D eigenvalue weighted by molar-refractivity contribution is 0.375. The van der Waals surface area contributed by atoms with E-state index in [1.165, 1.54) is 0 Å². The van der Waals surface area contributed by atoms with Gasteiger partial charge in [0.15, 0.2) is 0 Å². The van der Waals surface area contributed by atoms with E-state index < -0.39 is 0 Å². The normalized spacial score (nSPS) is 15.0. The zero-order valence-electron chi connectivity index (χ0n) is 11.5. The number of aryl methyl sites for hydroxylation is 1. The number of hydrogen-bond donors (Lipinski definition) is 1. The Morgan fingerprint density at radius 2 is 1.82 bits per heavy atom. The minimum Gasteiger partial charge on any atom is -0.310 e. The number of benzene rings is 1. The van der Waals surface area contributed by atoms with Crippen molar-refractivity contribution in [1.82, 2.24) is 5.32 Å². The van der Waals surface area contributed by atoms with Crippen LogP contribution in [0.15, 0.2) is 18.2 Å². The molecule has 0 aliphatic rings. The van der Waals surface area contributed by atoms with E-state index in [1.807, 2.05) is 12.1 Å². The van der Waals surface area contributed by atoms with Gasteiger partial charge in [-0.05, 0) is 49.4 Å². The zero-order valence-corrected chi connectivity index (χ0v) is 11.5. The smallest absolute Gasteiger partial charge is 0.126 e. The van der Waals surface area contributed by atoms with Gasteiger partial charge in [-0.1, -0.05) is 32.9 Å². The van der Waals surface area contributed by atoms with Crippen LogP contribution >= 0.6 is 0 Å². The van der Waals surface area contributed by atoms with Crippen LogP contribution in [0.1, 0.15) is 44.9 Å². The van der Waals surface area contributed by atoms with Gasteiger partial charge in [0.25, 0.3) is 0 Å². The first-order chi connectivity index (χ1) is 7.91. The first-order valence-electron chi connectivity index (χ1n) is 6.41. The Labute approximate surface area is 104 Å². The van der Waals surface area contributed by atoms with E-state index in [4.69, 9.17) is 0 Å². The molecule has 2 heteroatoms. The monoisotopic (exact) mass is 237 g/mol. The topological polar surface area (TPSA) is 12.0 Å². The molecule has 0 spiro atoms. The third-order valence-corrected chi connectivity index (χ3v) is 3.58. The largest absolute Gasteiger partial charge is 0.310 e. The molecule has 17 heavy (non-hydrogen) atoms. The molecular formula is C15H24FN. The van der Waals surface area contributed by atoms with Crippen LogP contribution in [0.25, 0.3) is 0 Å². The second kappa shape index (κ2) is 6.15. The molecule has 2 unspecified atom stereocenters. The Bertz CT molecular complexity index is 360. The van der Waals surface area contributed by atoms with Gasteiger partial charge in [-0.25, -0.2) is 4.39 Å². The van der Waals surface area contributed by atoms with Crippen LogP contribution in [0, 0.1) is 24.6 Å². The highest BCUT2D eigenvalue weighted by Crippen LogP contribution is 2.17. The average molecular weight is 237 g/mol. The Morgan fingerprint density at radius 1 is 1.18 bits per heavy atom. The van der Waals surface area contributed by atoms with Gasteiger partial charge in [-0.2, -0.15) is 0 Å².